The van der Waals surface area contributed by atoms with E-state index in [1.807, 2.05) is 10.8 Å². The fraction of sp³-hybridized carbons (Fsp3) is 0.267. The molecule has 0 bridgehead atoms. The molecule has 0 saturated heterocycles. The number of carbonyl (C=O) groups is 1. The Labute approximate surface area is 129 Å². The molecule has 110 valence electrons. The first kappa shape index (κ1) is 14.3. The van der Waals surface area contributed by atoms with E-state index in [9.17, 15) is 13.6 Å². The van der Waals surface area contributed by atoms with Gasteiger partial charge in [-0.15, -0.1) is 0 Å². The minimum absolute atomic E-state index is 0.150. The van der Waals surface area contributed by atoms with Gasteiger partial charge >= 0.3 is 0 Å². The maximum atomic E-state index is 13.8. The van der Waals surface area contributed by atoms with Gasteiger partial charge in [0.05, 0.1) is 5.69 Å². The molecule has 6 heteroatoms. The molecule has 1 heterocycles. The lowest BCUT2D eigenvalue weighted by Crippen LogP contribution is -2.17. The molecule has 1 aromatic heterocycles. The van der Waals surface area contributed by atoms with Gasteiger partial charge in [0.15, 0.2) is 0 Å². The van der Waals surface area contributed by atoms with Gasteiger partial charge in [-0.25, -0.2) is 8.78 Å². The van der Waals surface area contributed by atoms with Gasteiger partial charge in [0.25, 0.3) is 5.91 Å². The Bertz CT molecular complexity index is 723. The summed E-state index contributed by atoms with van der Waals surface area (Å²) >= 11 is 3.33. The Hall–Kier alpha value is -1.69. The minimum atomic E-state index is -0.647. The van der Waals surface area contributed by atoms with Crippen molar-refractivity contribution in [3.63, 3.8) is 0 Å². The summed E-state index contributed by atoms with van der Waals surface area (Å²) < 4.78 is 29.9. The highest BCUT2D eigenvalue weighted by molar-refractivity contribution is 9.10. The second kappa shape index (κ2) is 5.26. The van der Waals surface area contributed by atoms with Crippen LogP contribution in [0.25, 0.3) is 0 Å². The number of carbonyl (C=O) groups excluding carboxylic acids is 1. The van der Waals surface area contributed by atoms with E-state index >= 15 is 0 Å². The quantitative estimate of drug-likeness (QED) is 0.869. The lowest BCUT2D eigenvalue weighted by Gasteiger charge is -2.10. The van der Waals surface area contributed by atoms with Gasteiger partial charge in [0, 0.05) is 22.8 Å². The molecule has 21 heavy (non-hydrogen) atoms. The van der Waals surface area contributed by atoms with Crippen LogP contribution in [0.4, 0.5) is 14.5 Å². The average molecular weight is 355 g/mol. The fourth-order valence-electron chi connectivity index (χ4n) is 2.21. The van der Waals surface area contributed by atoms with Crippen LogP contribution in [-0.4, -0.2) is 10.5 Å². The third-order valence-corrected chi connectivity index (χ3v) is 3.92. The molecule has 3 nitrogen and oxygen atoms in total. The average Bonchev–Trinajstić information content (AvgIpc) is 3.18. The molecule has 1 fully saturated rings. The van der Waals surface area contributed by atoms with Crippen LogP contribution in [0.3, 0.4) is 0 Å². The summed E-state index contributed by atoms with van der Waals surface area (Å²) in [6, 6.07) is 4.07. The van der Waals surface area contributed by atoms with Gasteiger partial charge in [-0.2, -0.15) is 0 Å². The first-order chi connectivity index (χ1) is 9.95. The molecule has 1 aliphatic rings. The van der Waals surface area contributed by atoms with E-state index in [2.05, 4.69) is 21.2 Å². The zero-order chi connectivity index (χ0) is 15.1. The standard InChI is InChI=1S/C15H13BrF2N2O/c1-8-4-12(18)13(6-11(8)17)19-15(21)14-5-9(16)7-20(14)10-2-3-10/h4-7,10H,2-3H2,1H3,(H,19,21). The van der Waals surface area contributed by atoms with Crippen molar-refractivity contribution in [1.29, 1.82) is 0 Å². The number of nitrogens with zero attached hydrogens (tertiary/aromatic N) is 1. The predicted molar refractivity (Wildman–Crippen MR) is 79.5 cm³/mol. The highest BCUT2D eigenvalue weighted by Crippen LogP contribution is 2.37. The molecular formula is C15H13BrF2N2O. The van der Waals surface area contributed by atoms with Crippen molar-refractivity contribution in [2.24, 2.45) is 0 Å². The zero-order valence-corrected chi connectivity index (χ0v) is 12.9. The predicted octanol–water partition coefficient (Wildman–Crippen LogP) is 4.42. The molecule has 1 aromatic carbocycles. The molecular weight excluding hydrogens is 342 g/mol. The van der Waals surface area contributed by atoms with Crippen molar-refractivity contribution in [2.75, 3.05) is 5.32 Å². The SMILES string of the molecule is Cc1cc(F)c(NC(=O)c2cc(Br)cn2C2CC2)cc1F. The Morgan fingerprint density at radius 1 is 1.29 bits per heavy atom. The number of amides is 1. The second-order valence-corrected chi connectivity index (χ2v) is 6.13. The van der Waals surface area contributed by atoms with Crippen molar-refractivity contribution >= 4 is 27.5 Å². The van der Waals surface area contributed by atoms with Crippen LogP contribution in [0.1, 0.15) is 34.9 Å². The maximum absolute atomic E-state index is 13.8. The van der Waals surface area contributed by atoms with Crippen molar-refractivity contribution in [3.05, 3.63) is 51.8 Å². The first-order valence-electron chi connectivity index (χ1n) is 6.60. The van der Waals surface area contributed by atoms with Gasteiger partial charge < -0.3 is 9.88 Å². The molecule has 0 aliphatic heterocycles. The maximum Gasteiger partial charge on any atom is 0.272 e. The van der Waals surface area contributed by atoms with Gasteiger partial charge in [-0.05, 0) is 53.4 Å². The topological polar surface area (TPSA) is 34.0 Å². The number of hydrogen-bond acceptors (Lipinski definition) is 1. The Morgan fingerprint density at radius 3 is 2.67 bits per heavy atom. The summed E-state index contributed by atoms with van der Waals surface area (Å²) in [4.78, 5) is 12.3. The van der Waals surface area contributed by atoms with Crippen molar-refractivity contribution in [2.45, 2.75) is 25.8 Å². The number of aryl methyl sites for hydroxylation is 1. The van der Waals surface area contributed by atoms with Gasteiger partial charge in [-0.3, -0.25) is 4.79 Å². The summed E-state index contributed by atoms with van der Waals surface area (Å²) in [5, 5.41) is 2.44. The van der Waals surface area contributed by atoms with Crippen molar-refractivity contribution in [1.82, 2.24) is 4.57 Å². The smallest absolute Gasteiger partial charge is 0.272 e. The van der Waals surface area contributed by atoms with Crippen LogP contribution in [0.2, 0.25) is 0 Å². The van der Waals surface area contributed by atoms with E-state index in [1.54, 1.807) is 6.07 Å². The monoisotopic (exact) mass is 354 g/mol. The van der Waals surface area contributed by atoms with Crippen molar-refractivity contribution < 1.29 is 13.6 Å². The number of anilines is 1. The highest BCUT2D eigenvalue weighted by Gasteiger charge is 2.28. The van der Waals surface area contributed by atoms with Gasteiger partial charge in [-0.1, -0.05) is 0 Å². The molecule has 2 aromatic rings. The van der Waals surface area contributed by atoms with Crippen LogP contribution in [0.15, 0.2) is 28.9 Å². The normalized spacial score (nSPS) is 14.3. The summed E-state index contributed by atoms with van der Waals surface area (Å²) in [5.41, 5.74) is 0.488. The summed E-state index contributed by atoms with van der Waals surface area (Å²) in [6.07, 6.45) is 3.88. The fourth-order valence-corrected chi connectivity index (χ4v) is 2.65. The molecule has 3 rings (SSSR count). The van der Waals surface area contributed by atoms with Crippen LogP contribution >= 0.6 is 15.9 Å². The third kappa shape index (κ3) is 2.85. The third-order valence-electron chi connectivity index (χ3n) is 3.48. The van der Waals surface area contributed by atoms with Crippen LogP contribution in [0, 0.1) is 18.6 Å². The summed E-state index contributed by atoms with van der Waals surface area (Å²) in [6.45, 7) is 1.47. The molecule has 1 amide bonds. The Kier molecular flexibility index (Phi) is 3.57. The second-order valence-electron chi connectivity index (χ2n) is 5.22. The van der Waals surface area contributed by atoms with E-state index in [-0.39, 0.29) is 11.3 Å². The molecule has 1 saturated carbocycles. The molecule has 1 aliphatic carbocycles. The largest absolute Gasteiger partial charge is 0.339 e. The minimum Gasteiger partial charge on any atom is -0.339 e. The summed E-state index contributed by atoms with van der Waals surface area (Å²) in [5.74, 6) is -1.65. The summed E-state index contributed by atoms with van der Waals surface area (Å²) in [7, 11) is 0. The Morgan fingerprint density at radius 2 is 2.00 bits per heavy atom. The number of halogens is 3. The number of benzene rings is 1. The van der Waals surface area contributed by atoms with E-state index in [0.29, 0.717) is 11.7 Å². The number of hydrogen-bond donors (Lipinski definition) is 1. The zero-order valence-electron chi connectivity index (χ0n) is 11.3. The van der Waals surface area contributed by atoms with E-state index in [0.717, 1.165) is 29.4 Å². The van der Waals surface area contributed by atoms with E-state index in [1.165, 1.54) is 6.92 Å². The van der Waals surface area contributed by atoms with E-state index < -0.39 is 17.5 Å². The van der Waals surface area contributed by atoms with Crippen LogP contribution in [-0.2, 0) is 0 Å². The van der Waals surface area contributed by atoms with Gasteiger partial charge in [0.1, 0.15) is 17.3 Å². The molecule has 0 atom stereocenters. The highest BCUT2D eigenvalue weighted by atomic mass is 79.9. The first-order valence-corrected chi connectivity index (χ1v) is 7.39. The molecule has 0 spiro atoms. The van der Waals surface area contributed by atoms with Crippen LogP contribution in [0.5, 0.6) is 0 Å². The van der Waals surface area contributed by atoms with Crippen molar-refractivity contribution in [3.8, 4) is 0 Å². The number of rotatable bonds is 3. The molecule has 0 radical (unpaired) electrons. The lowest BCUT2D eigenvalue weighted by atomic mass is 10.2. The van der Waals surface area contributed by atoms with E-state index in [4.69, 9.17) is 0 Å². The Balaban J connectivity index is 1.88. The number of nitrogens with one attached hydrogen (secondary N) is 1. The lowest BCUT2D eigenvalue weighted by molar-refractivity contribution is 0.101. The number of aromatic nitrogens is 1. The van der Waals surface area contributed by atoms with Gasteiger partial charge in [0.2, 0.25) is 0 Å². The van der Waals surface area contributed by atoms with Crippen LogP contribution < -0.4 is 5.32 Å². The molecule has 1 N–H and O–H groups in total. The molecule has 0 unspecified atom stereocenters.